The van der Waals surface area contributed by atoms with Crippen LogP contribution in [0.4, 0.5) is 0 Å². The van der Waals surface area contributed by atoms with Gasteiger partial charge in [-0.25, -0.2) is 12.7 Å². The lowest BCUT2D eigenvalue weighted by molar-refractivity contribution is -0.146. The number of amides is 1. The molecule has 0 aromatic carbocycles. The quantitative estimate of drug-likeness (QED) is 0.680. The molecule has 146 valence electrons. The molecule has 0 unspecified atom stereocenters. The van der Waals surface area contributed by atoms with Gasteiger partial charge in [-0.05, 0) is 57.8 Å². The van der Waals surface area contributed by atoms with Crippen LogP contribution in [-0.2, 0) is 24.4 Å². The zero-order chi connectivity index (χ0) is 19.7. The summed E-state index contributed by atoms with van der Waals surface area (Å²) in [6, 6.07) is -0.357. The summed E-state index contributed by atoms with van der Waals surface area (Å²) in [6.45, 7) is 8.44. The predicted octanol–water partition coefficient (Wildman–Crippen LogP) is 2.32. The molecule has 4 atom stereocenters. The molecular weight excluding hydrogens is 354 g/mol. The van der Waals surface area contributed by atoms with E-state index in [4.69, 9.17) is 0 Å². The highest BCUT2D eigenvalue weighted by molar-refractivity contribution is 7.90. The fourth-order valence-electron chi connectivity index (χ4n) is 5.66. The Labute approximate surface area is 155 Å². The highest BCUT2D eigenvalue weighted by Crippen LogP contribution is 2.70. The summed E-state index contributed by atoms with van der Waals surface area (Å²) < 4.78 is 27.1. The fourth-order valence-corrected chi connectivity index (χ4v) is 8.29. The molecule has 0 N–H and O–H groups in total. The van der Waals surface area contributed by atoms with Crippen LogP contribution in [0, 0.1) is 22.2 Å². The molecule has 1 amide bonds. The molecule has 2 bridgehead atoms. The maximum atomic E-state index is 13.4. The SMILES string of the molecule is CC(=O)CC[C@](C)(C(C)=O)C(=O)N1[C@@H]2C[C@H]3CC[C@]2(CS1(=O)=O)C3(C)C. The molecule has 3 fully saturated rings. The number of nitrogens with zero attached hydrogens (tertiary/aromatic N) is 1. The second kappa shape index (κ2) is 5.63. The highest BCUT2D eigenvalue weighted by atomic mass is 32.2. The van der Waals surface area contributed by atoms with Crippen molar-refractivity contribution >= 4 is 27.5 Å². The normalized spacial score (nSPS) is 35.8. The second-order valence-corrected chi connectivity index (χ2v) is 11.2. The Morgan fingerprint density at radius 2 is 1.81 bits per heavy atom. The Morgan fingerprint density at radius 3 is 2.31 bits per heavy atom. The van der Waals surface area contributed by atoms with Crippen LogP contribution in [0.2, 0.25) is 0 Å². The summed E-state index contributed by atoms with van der Waals surface area (Å²) in [5.74, 6) is -0.759. The zero-order valence-electron chi connectivity index (χ0n) is 16.3. The number of ketones is 2. The first-order chi connectivity index (χ1) is 11.8. The summed E-state index contributed by atoms with van der Waals surface area (Å²) in [5, 5.41) is 0. The van der Waals surface area contributed by atoms with Crippen LogP contribution in [0.3, 0.4) is 0 Å². The lowest BCUT2D eigenvalue weighted by atomic mass is 9.68. The molecule has 7 heteroatoms. The molecule has 26 heavy (non-hydrogen) atoms. The number of Topliss-reactive ketones (excluding diaryl/α,β-unsaturated/α-hetero) is 2. The van der Waals surface area contributed by atoms with E-state index in [1.54, 1.807) is 0 Å². The third-order valence-corrected chi connectivity index (χ3v) is 9.74. The Bertz CT molecular complexity index is 786. The first-order valence-electron chi connectivity index (χ1n) is 9.37. The molecule has 1 saturated heterocycles. The molecule has 1 spiro atoms. The molecular formula is C19H29NO5S. The number of carbonyl (C=O) groups is 3. The Morgan fingerprint density at radius 1 is 1.19 bits per heavy atom. The molecule has 3 aliphatic rings. The topological polar surface area (TPSA) is 88.6 Å². The number of hydrogen-bond acceptors (Lipinski definition) is 5. The van der Waals surface area contributed by atoms with E-state index in [-0.39, 0.29) is 41.6 Å². The van der Waals surface area contributed by atoms with Gasteiger partial charge < -0.3 is 4.79 Å². The summed E-state index contributed by atoms with van der Waals surface area (Å²) >= 11 is 0. The van der Waals surface area contributed by atoms with Crippen molar-refractivity contribution < 1.29 is 22.8 Å². The van der Waals surface area contributed by atoms with Gasteiger partial charge in [0.2, 0.25) is 15.9 Å². The summed E-state index contributed by atoms with van der Waals surface area (Å²) in [6.07, 6.45) is 2.62. The number of hydrogen-bond donors (Lipinski definition) is 0. The molecule has 1 heterocycles. The van der Waals surface area contributed by atoms with Crippen molar-refractivity contribution in [2.24, 2.45) is 22.2 Å². The number of rotatable bonds is 5. The summed E-state index contributed by atoms with van der Waals surface area (Å²) in [7, 11) is -3.77. The molecule has 1 aliphatic heterocycles. The average Bonchev–Trinajstić information content (AvgIpc) is 2.98. The Kier molecular flexibility index (Phi) is 4.23. The van der Waals surface area contributed by atoms with Crippen LogP contribution in [0.15, 0.2) is 0 Å². The van der Waals surface area contributed by atoms with Crippen LogP contribution in [-0.4, -0.2) is 42.0 Å². The minimum Gasteiger partial charge on any atom is -0.300 e. The van der Waals surface area contributed by atoms with Crippen LogP contribution >= 0.6 is 0 Å². The van der Waals surface area contributed by atoms with Crippen LogP contribution < -0.4 is 0 Å². The third kappa shape index (κ3) is 2.35. The van der Waals surface area contributed by atoms with Gasteiger partial charge in [0.15, 0.2) is 0 Å². The largest absolute Gasteiger partial charge is 0.300 e. The van der Waals surface area contributed by atoms with Gasteiger partial charge in [0.1, 0.15) is 17.0 Å². The maximum absolute atomic E-state index is 13.4. The maximum Gasteiger partial charge on any atom is 0.249 e. The van der Waals surface area contributed by atoms with E-state index in [0.717, 1.165) is 17.1 Å². The third-order valence-electron chi connectivity index (χ3n) is 7.84. The molecule has 3 rings (SSSR count). The standard InChI is InChI=1S/C19H29NO5S/c1-12(21)6-8-18(5,13(2)22)16(23)20-15-10-14-7-9-19(15,17(14,3)4)11-26(20,24)25/h14-15H,6-11H2,1-5H3/t14-,15-,18-,19-/m1/s1. The molecule has 0 radical (unpaired) electrons. The minimum atomic E-state index is -3.77. The van der Waals surface area contributed by atoms with Crippen molar-refractivity contribution in [1.82, 2.24) is 4.31 Å². The first-order valence-corrected chi connectivity index (χ1v) is 11.0. The Balaban J connectivity index is 2.01. The van der Waals surface area contributed by atoms with Crippen molar-refractivity contribution in [3.05, 3.63) is 0 Å². The van der Waals surface area contributed by atoms with Gasteiger partial charge in [-0.15, -0.1) is 0 Å². The predicted molar refractivity (Wildman–Crippen MR) is 96.7 cm³/mol. The molecule has 0 aromatic rings. The highest BCUT2D eigenvalue weighted by Gasteiger charge is 2.73. The van der Waals surface area contributed by atoms with Crippen molar-refractivity contribution in [2.75, 3.05) is 5.75 Å². The second-order valence-electron chi connectivity index (χ2n) is 9.31. The smallest absolute Gasteiger partial charge is 0.249 e. The number of sulfonamides is 1. The molecule has 2 aliphatic carbocycles. The van der Waals surface area contributed by atoms with E-state index in [1.165, 1.54) is 20.8 Å². The zero-order valence-corrected chi connectivity index (χ0v) is 17.1. The minimum absolute atomic E-state index is 0.0133. The number of carbonyl (C=O) groups excluding carboxylic acids is 3. The van der Waals surface area contributed by atoms with Crippen LogP contribution in [0.5, 0.6) is 0 Å². The van der Waals surface area contributed by atoms with Gasteiger partial charge in [0.25, 0.3) is 0 Å². The van der Waals surface area contributed by atoms with E-state index < -0.39 is 26.8 Å². The van der Waals surface area contributed by atoms with E-state index in [2.05, 4.69) is 13.8 Å². The lowest BCUT2D eigenvalue weighted by Gasteiger charge is -2.38. The van der Waals surface area contributed by atoms with E-state index in [1.807, 2.05) is 0 Å². The van der Waals surface area contributed by atoms with Gasteiger partial charge >= 0.3 is 0 Å². The molecule has 0 aromatic heterocycles. The van der Waals surface area contributed by atoms with E-state index in [9.17, 15) is 22.8 Å². The van der Waals surface area contributed by atoms with Crippen molar-refractivity contribution in [3.63, 3.8) is 0 Å². The van der Waals surface area contributed by atoms with Gasteiger partial charge in [0, 0.05) is 11.8 Å². The fraction of sp³-hybridized carbons (Fsp3) is 0.842. The van der Waals surface area contributed by atoms with Crippen molar-refractivity contribution in [3.8, 4) is 0 Å². The molecule has 2 saturated carbocycles. The van der Waals surface area contributed by atoms with Crippen molar-refractivity contribution in [2.45, 2.75) is 72.8 Å². The van der Waals surface area contributed by atoms with Gasteiger partial charge in [-0.3, -0.25) is 9.59 Å². The van der Waals surface area contributed by atoms with E-state index >= 15 is 0 Å². The Hall–Kier alpha value is -1.24. The van der Waals surface area contributed by atoms with Crippen LogP contribution in [0.25, 0.3) is 0 Å². The van der Waals surface area contributed by atoms with Gasteiger partial charge in [0.05, 0.1) is 11.8 Å². The first kappa shape index (κ1) is 19.5. The summed E-state index contributed by atoms with van der Waals surface area (Å²) in [5.41, 5.74) is -2.02. The van der Waals surface area contributed by atoms with Gasteiger partial charge in [-0.2, -0.15) is 0 Å². The van der Waals surface area contributed by atoms with Gasteiger partial charge in [-0.1, -0.05) is 13.8 Å². The van der Waals surface area contributed by atoms with Crippen molar-refractivity contribution in [1.29, 1.82) is 0 Å². The lowest BCUT2D eigenvalue weighted by Crippen LogP contribution is -2.51. The molecule has 6 nitrogen and oxygen atoms in total. The van der Waals surface area contributed by atoms with Crippen LogP contribution in [0.1, 0.15) is 66.7 Å². The monoisotopic (exact) mass is 383 g/mol. The van der Waals surface area contributed by atoms with E-state index in [0.29, 0.717) is 12.3 Å². The average molecular weight is 384 g/mol. The summed E-state index contributed by atoms with van der Waals surface area (Å²) in [4.78, 5) is 37.1. The number of fused-ring (bicyclic) bond motifs is 1.